The molecule has 0 unspecified atom stereocenters. The molecule has 0 aliphatic rings. The number of carbonyl (C=O) groups is 2. The molecule has 0 bridgehead atoms. The number of nitrogens with one attached hydrogen (secondary N) is 2. The average Bonchev–Trinajstić information content (AvgIpc) is 2.63. The van der Waals surface area contributed by atoms with Gasteiger partial charge in [-0.15, -0.1) is 0 Å². The molecule has 0 spiro atoms. The summed E-state index contributed by atoms with van der Waals surface area (Å²) in [6.45, 7) is 3.89. The largest absolute Gasteiger partial charge is 0.321 e. The van der Waals surface area contributed by atoms with Crippen LogP contribution in [0, 0.1) is 19.7 Å². The maximum Gasteiger partial charge on any atom is 0.274 e. The predicted octanol–water partition coefficient (Wildman–Crippen LogP) is 4.34. The fraction of sp³-hybridized carbons (Fsp3) is 0.0952. The van der Waals surface area contributed by atoms with E-state index < -0.39 is 17.6 Å². The lowest BCUT2D eigenvalue weighted by Gasteiger charge is -2.09. The van der Waals surface area contributed by atoms with Crippen LogP contribution >= 0.6 is 0 Å². The average molecular weight is 363 g/mol. The molecule has 6 heteroatoms. The monoisotopic (exact) mass is 363 g/mol. The summed E-state index contributed by atoms with van der Waals surface area (Å²) >= 11 is 0. The molecule has 0 aliphatic heterocycles. The number of hydrogen-bond donors (Lipinski definition) is 2. The fourth-order valence-electron chi connectivity index (χ4n) is 2.66. The van der Waals surface area contributed by atoms with Gasteiger partial charge in [0.1, 0.15) is 17.2 Å². The Balaban J connectivity index is 1.75. The third kappa shape index (κ3) is 4.76. The smallest absolute Gasteiger partial charge is 0.274 e. The molecule has 1 heterocycles. The summed E-state index contributed by atoms with van der Waals surface area (Å²) in [5, 5.41) is 5.40. The summed E-state index contributed by atoms with van der Waals surface area (Å²) in [5.41, 5.74) is 3.39. The van der Waals surface area contributed by atoms with Crippen molar-refractivity contribution in [3.63, 3.8) is 0 Å². The molecule has 136 valence electrons. The number of nitrogens with zero attached hydrogens (tertiary/aromatic N) is 1. The van der Waals surface area contributed by atoms with E-state index in [2.05, 4.69) is 15.6 Å². The zero-order valence-electron chi connectivity index (χ0n) is 14.9. The number of halogens is 1. The van der Waals surface area contributed by atoms with Crippen molar-refractivity contribution in [2.75, 3.05) is 10.6 Å². The van der Waals surface area contributed by atoms with Crippen LogP contribution in [-0.2, 0) is 0 Å². The van der Waals surface area contributed by atoms with E-state index in [4.69, 9.17) is 0 Å². The van der Waals surface area contributed by atoms with E-state index in [0.717, 1.165) is 11.1 Å². The number of carbonyl (C=O) groups excluding carboxylic acids is 2. The Labute approximate surface area is 156 Å². The zero-order valence-corrected chi connectivity index (χ0v) is 14.9. The molecule has 0 saturated carbocycles. The summed E-state index contributed by atoms with van der Waals surface area (Å²) in [6, 6.07) is 15.7. The fourth-order valence-corrected chi connectivity index (χ4v) is 2.66. The highest BCUT2D eigenvalue weighted by atomic mass is 19.1. The lowest BCUT2D eigenvalue weighted by atomic mass is 10.1. The maximum absolute atomic E-state index is 12.9. The third-order valence-corrected chi connectivity index (χ3v) is 3.80. The minimum Gasteiger partial charge on any atom is -0.321 e. The van der Waals surface area contributed by atoms with Crippen LogP contribution < -0.4 is 10.6 Å². The molecule has 5 nitrogen and oxygen atoms in total. The van der Waals surface area contributed by atoms with Gasteiger partial charge in [-0.05, 0) is 73.5 Å². The quantitative estimate of drug-likeness (QED) is 0.724. The first-order chi connectivity index (χ1) is 12.9. The molecule has 0 atom stereocenters. The van der Waals surface area contributed by atoms with Crippen LogP contribution in [0.15, 0.2) is 60.7 Å². The molecule has 3 rings (SSSR count). The molecular formula is C21H18FN3O2. The molecule has 0 aliphatic carbocycles. The first-order valence-electron chi connectivity index (χ1n) is 8.34. The van der Waals surface area contributed by atoms with Crippen molar-refractivity contribution >= 4 is 23.2 Å². The number of anilines is 2. The molecule has 3 aromatic rings. The van der Waals surface area contributed by atoms with Crippen LogP contribution in [0.4, 0.5) is 15.8 Å². The zero-order chi connectivity index (χ0) is 19.4. The summed E-state index contributed by atoms with van der Waals surface area (Å²) in [4.78, 5) is 28.9. The minimum atomic E-state index is -0.484. The van der Waals surface area contributed by atoms with E-state index in [0.29, 0.717) is 11.4 Å². The van der Waals surface area contributed by atoms with Crippen molar-refractivity contribution in [1.29, 1.82) is 0 Å². The number of hydrogen-bond acceptors (Lipinski definition) is 3. The van der Waals surface area contributed by atoms with Gasteiger partial charge in [0.05, 0.1) is 0 Å². The summed E-state index contributed by atoms with van der Waals surface area (Å²) in [6.07, 6.45) is 0. The maximum atomic E-state index is 12.9. The predicted molar refractivity (Wildman–Crippen MR) is 102 cm³/mol. The number of aryl methyl sites for hydroxylation is 2. The van der Waals surface area contributed by atoms with Crippen LogP contribution in [0.25, 0.3) is 0 Å². The molecule has 0 fully saturated rings. The topological polar surface area (TPSA) is 71.1 Å². The van der Waals surface area contributed by atoms with Gasteiger partial charge in [-0.1, -0.05) is 12.1 Å². The van der Waals surface area contributed by atoms with E-state index in [-0.39, 0.29) is 11.4 Å². The lowest BCUT2D eigenvalue weighted by Crippen LogP contribution is -2.18. The highest BCUT2D eigenvalue weighted by Crippen LogP contribution is 2.15. The highest BCUT2D eigenvalue weighted by Gasteiger charge is 2.13. The van der Waals surface area contributed by atoms with Gasteiger partial charge in [0.25, 0.3) is 11.8 Å². The number of rotatable bonds is 4. The molecular weight excluding hydrogens is 345 g/mol. The van der Waals surface area contributed by atoms with Crippen molar-refractivity contribution in [2.24, 2.45) is 0 Å². The van der Waals surface area contributed by atoms with Crippen LogP contribution in [0.2, 0.25) is 0 Å². The van der Waals surface area contributed by atoms with Gasteiger partial charge in [-0.3, -0.25) is 9.59 Å². The second-order valence-electron chi connectivity index (χ2n) is 6.20. The summed E-state index contributed by atoms with van der Waals surface area (Å²) < 4.78 is 12.9. The molecule has 2 amide bonds. The molecule has 27 heavy (non-hydrogen) atoms. The Kier molecular flexibility index (Phi) is 5.26. The van der Waals surface area contributed by atoms with Crippen molar-refractivity contribution in [2.45, 2.75) is 13.8 Å². The van der Waals surface area contributed by atoms with Gasteiger partial charge in [0, 0.05) is 11.4 Å². The van der Waals surface area contributed by atoms with Crippen molar-refractivity contribution in [1.82, 2.24) is 4.98 Å². The van der Waals surface area contributed by atoms with E-state index in [9.17, 15) is 14.0 Å². The van der Waals surface area contributed by atoms with Crippen LogP contribution in [0.3, 0.4) is 0 Å². The van der Waals surface area contributed by atoms with Crippen molar-refractivity contribution < 1.29 is 14.0 Å². The Morgan fingerprint density at radius 2 is 1.30 bits per heavy atom. The van der Waals surface area contributed by atoms with Crippen molar-refractivity contribution in [3.05, 3.63) is 89.0 Å². The van der Waals surface area contributed by atoms with Crippen molar-refractivity contribution in [3.8, 4) is 0 Å². The molecule has 1 aromatic heterocycles. The molecule has 2 aromatic carbocycles. The van der Waals surface area contributed by atoms with E-state index in [1.54, 1.807) is 6.07 Å². The highest BCUT2D eigenvalue weighted by molar-refractivity contribution is 6.06. The summed E-state index contributed by atoms with van der Waals surface area (Å²) in [5.74, 6) is -1.28. The number of aromatic nitrogens is 1. The first kappa shape index (κ1) is 18.3. The lowest BCUT2D eigenvalue weighted by molar-refractivity contribution is 0.101. The van der Waals surface area contributed by atoms with E-state index >= 15 is 0 Å². The Bertz CT molecular complexity index is 980. The van der Waals surface area contributed by atoms with Crippen LogP contribution in [-0.4, -0.2) is 16.8 Å². The summed E-state index contributed by atoms with van der Waals surface area (Å²) in [7, 11) is 0. The number of amides is 2. The van der Waals surface area contributed by atoms with Gasteiger partial charge in [0.15, 0.2) is 0 Å². The Morgan fingerprint density at radius 3 is 1.85 bits per heavy atom. The van der Waals surface area contributed by atoms with E-state index in [1.165, 1.54) is 36.4 Å². The van der Waals surface area contributed by atoms with Gasteiger partial charge >= 0.3 is 0 Å². The van der Waals surface area contributed by atoms with E-state index in [1.807, 2.05) is 32.0 Å². The Morgan fingerprint density at radius 1 is 0.778 bits per heavy atom. The second-order valence-corrected chi connectivity index (χ2v) is 6.20. The molecule has 0 saturated heterocycles. The third-order valence-electron chi connectivity index (χ3n) is 3.80. The van der Waals surface area contributed by atoms with Crippen LogP contribution in [0.5, 0.6) is 0 Å². The van der Waals surface area contributed by atoms with Gasteiger partial charge in [0.2, 0.25) is 0 Å². The van der Waals surface area contributed by atoms with Gasteiger partial charge in [-0.2, -0.15) is 0 Å². The van der Waals surface area contributed by atoms with Gasteiger partial charge in [-0.25, -0.2) is 9.37 Å². The molecule has 2 N–H and O–H groups in total. The normalized spacial score (nSPS) is 10.3. The number of pyridine rings is 1. The molecule has 0 radical (unpaired) electrons. The Hall–Kier alpha value is -3.54. The second kappa shape index (κ2) is 7.78. The standard InChI is InChI=1S/C21H18FN3O2/c1-13-10-14(2)12-17(11-13)24-21(27)19-5-3-4-18(25-19)20(26)23-16-8-6-15(22)7-9-16/h3-12H,1-2H3,(H,23,26)(H,24,27). The SMILES string of the molecule is Cc1cc(C)cc(NC(=O)c2cccc(C(=O)Nc3ccc(F)cc3)n2)c1. The van der Waals surface area contributed by atoms with Gasteiger partial charge < -0.3 is 10.6 Å². The minimum absolute atomic E-state index is 0.0902. The first-order valence-corrected chi connectivity index (χ1v) is 8.34. The van der Waals surface area contributed by atoms with Crippen LogP contribution in [0.1, 0.15) is 32.1 Å². The number of benzene rings is 2.